The Morgan fingerprint density at radius 1 is 1.38 bits per heavy atom. The van der Waals surface area contributed by atoms with Crippen LogP contribution in [0.15, 0.2) is 31.0 Å². The third-order valence-electron chi connectivity index (χ3n) is 1.30. The Hall–Kier alpha value is -1.26. The van der Waals surface area contributed by atoms with E-state index >= 15 is 0 Å². The molecule has 13 heavy (non-hydrogen) atoms. The van der Waals surface area contributed by atoms with Crippen LogP contribution in [-0.2, 0) is 7.05 Å². The first kappa shape index (κ1) is 11.7. The number of aryl methyl sites for hydroxylation is 1. The Morgan fingerprint density at radius 2 is 1.92 bits per heavy atom. The van der Waals surface area contributed by atoms with E-state index in [1.165, 1.54) is 0 Å². The molecule has 0 amide bonds. The van der Waals surface area contributed by atoms with Gasteiger partial charge in [0.05, 0.1) is 0 Å². The van der Waals surface area contributed by atoms with Gasteiger partial charge < -0.3 is 0 Å². The minimum absolute atomic E-state index is 1.14. The Balaban J connectivity index is 0.000000310. The average Bonchev–Trinajstić information content (AvgIpc) is 2.04. The summed E-state index contributed by atoms with van der Waals surface area (Å²) in [6.45, 7) is 3.67. The monoisotopic (exact) mass is 188 g/mol. The van der Waals surface area contributed by atoms with Gasteiger partial charge in [-0.2, -0.15) is 0 Å². The lowest BCUT2D eigenvalue weighted by Crippen LogP contribution is -2.30. The largest absolute Gasteiger partial charge is 0.762 e. The van der Waals surface area contributed by atoms with Gasteiger partial charge in [0.2, 0.25) is 5.69 Å². The molecule has 0 saturated carbocycles. The summed E-state index contributed by atoms with van der Waals surface area (Å²) in [6, 6.07) is 6.01. The van der Waals surface area contributed by atoms with Gasteiger partial charge in [-0.25, -0.2) is 4.57 Å². The minimum atomic E-state index is -3.67. The molecule has 0 aromatic carbocycles. The van der Waals surface area contributed by atoms with E-state index in [-0.39, 0.29) is 0 Å². The molecule has 1 nitrogen and oxygen atoms in total. The highest BCUT2D eigenvalue weighted by molar-refractivity contribution is 6.33. The molecule has 70 valence electrons. The lowest BCUT2D eigenvalue weighted by molar-refractivity contribution is -0.673. The summed E-state index contributed by atoms with van der Waals surface area (Å²) in [5.41, 5.74) is 1.14. The Morgan fingerprint density at radius 3 is 2.23 bits per heavy atom. The highest BCUT2D eigenvalue weighted by Crippen LogP contribution is 1.89. The zero-order valence-electron chi connectivity index (χ0n) is 7.25. The van der Waals surface area contributed by atoms with Crippen molar-refractivity contribution in [3.63, 3.8) is 0 Å². The van der Waals surface area contributed by atoms with Gasteiger partial charge >= 0.3 is 7.54 Å². The van der Waals surface area contributed by atoms with Gasteiger partial charge in [0.1, 0.15) is 7.05 Å². The number of hydrogen-bond donors (Lipinski definition) is 0. The standard InChI is InChI=1S/C8H10N.BF3/c1-3-8-6-4-5-7-9(8)2;2-1(3)4/h3-7H,1H2,2H3;/q+1;. The van der Waals surface area contributed by atoms with Gasteiger partial charge in [0.15, 0.2) is 6.20 Å². The summed E-state index contributed by atoms with van der Waals surface area (Å²) < 4.78 is 31.0. The number of nitrogens with zero attached hydrogens (tertiary/aromatic N) is 1. The fraction of sp³-hybridized carbons (Fsp3) is 0.125. The molecule has 1 aromatic heterocycles. The summed E-state index contributed by atoms with van der Waals surface area (Å²) in [5.74, 6) is 0. The molecular weight excluding hydrogens is 178 g/mol. The van der Waals surface area contributed by atoms with E-state index in [1.807, 2.05) is 42.1 Å². The van der Waals surface area contributed by atoms with Crippen molar-refractivity contribution in [3.8, 4) is 0 Å². The first-order valence-electron chi connectivity index (χ1n) is 3.57. The number of aromatic nitrogens is 1. The van der Waals surface area contributed by atoms with Gasteiger partial charge in [-0.05, 0) is 6.07 Å². The smallest absolute Gasteiger partial charge is 0.254 e. The van der Waals surface area contributed by atoms with E-state index in [0.717, 1.165) is 5.69 Å². The third-order valence-corrected chi connectivity index (χ3v) is 1.30. The molecule has 1 heterocycles. The molecule has 0 aliphatic carbocycles. The van der Waals surface area contributed by atoms with E-state index in [9.17, 15) is 12.9 Å². The van der Waals surface area contributed by atoms with Crippen LogP contribution in [0.2, 0.25) is 0 Å². The lowest BCUT2D eigenvalue weighted by atomic mass is 10.3. The van der Waals surface area contributed by atoms with Crippen molar-refractivity contribution in [2.24, 2.45) is 7.05 Å². The second-order valence-electron chi connectivity index (χ2n) is 2.19. The molecule has 0 aliphatic heterocycles. The molecular formula is C8H10BF3N+. The summed E-state index contributed by atoms with van der Waals surface area (Å²) >= 11 is 0. The molecule has 0 unspecified atom stereocenters. The Kier molecular flexibility index (Phi) is 5.68. The topological polar surface area (TPSA) is 3.88 Å². The SMILES string of the molecule is C=Cc1cccc[n+]1C.FB(F)F. The van der Waals surface area contributed by atoms with Gasteiger partial charge in [-0.3, -0.25) is 12.9 Å². The molecule has 0 saturated heterocycles. The first-order valence-corrected chi connectivity index (χ1v) is 3.57. The molecule has 0 atom stereocenters. The molecule has 0 radical (unpaired) electrons. The van der Waals surface area contributed by atoms with E-state index in [0.29, 0.717) is 0 Å². The number of pyridine rings is 1. The van der Waals surface area contributed by atoms with Crippen molar-refractivity contribution in [3.05, 3.63) is 36.7 Å². The van der Waals surface area contributed by atoms with Crippen molar-refractivity contribution in [1.29, 1.82) is 0 Å². The molecule has 0 bridgehead atoms. The average molecular weight is 188 g/mol. The maximum Gasteiger partial charge on any atom is 0.762 e. The molecule has 0 N–H and O–H groups in total. The van der Waals surface area contributed by atoms with Crippen molar-refractivity contribution < 1.29 is 17.5 Å². The van der Waals surface area contributed by atoms with Gasteiger partial charge in [0.25, 0.3) is 0 Å². The number of rotatable bonds is 1. The van der Waals surface area contributed by atoms with Crippen LogP contribution < -0.4 is 4.57 Å². The van der Waals surface area contributed by atoms with E-state index in [1.54, 1.807) is 0 Å². The highest BCUT2D eigenvalue weighted by Gasteiger charge is 2.06. The third kappa shape index (κ3) is 5.96. The van der Waals surface area contributed by atoms with Crippen LogP contribution in [0.5, 0.6) is 0 Å². The fourth-order valence-electron chi connectivity index (χ4n) is 0.749. The highest BCUT2D eigenvalue weighted by atomic mass is 19.4. The predicted octanol–water partition coefficient (Wildman–Crippen LogP) is 2.03. The Bertz CT molecular complexity index is 263. The maximum absolute atomic E-state index is 9.67. The van der Waals surface area contributed by atoms with Crippen molar-refractivity contribution in [2.45, 2.75) is 0 Å². The molecule has 1 aromatic rings. The minimum Gasteiger partial charge on any atom is -0.254 e. The molecule has 0 spiro atoms. The number of hydrogen-bond acceptors (Lipinski definition) is 0. The molecule has 0 aliphatic rings. The zero-order chi connectivity index (χ0) is 10.3. The summed E-state index contributed by atoms with van der Waals surface area (Å²) in [6.07, 6.45) is 3.83. The van der Waals surface area contributed by atoms with Crippen molar-refractivity contribution >= 4 is 13.6 Å². The van der Waals surface area contributed by atoms with Crippen LogP contribution in [0.4, 0.5) is 12.9 Å². The molecule has 5 heteroatoms. The van der Waals surface area contributed by atoms with E-state index in [4.69, 9.17) is 0 Å². The molecule has 0 fully saturated rings. The van der Waals surface area contributed by atoms with Gasteiger partial charge in [-0.15, -0.1) is 0 Å². The van der Waals surface area contributed by atoms with E-state index in [2.05, 4.69) is 6.58 Å². The summed E-state index contributed by atoms with van der Waals surface area (Å²) in [5, 5.41) is 0. The normalized spacial score (nSPS) is 8.31. The maximum atomic E-state index is 9.67. The van der Waals surface area contributed by atoms with Gasteiger partial charge in [0, 0.05) is 18.2 Å². The lowest BCUT2D eigenvalue weighted by Gasteiger charge is -1.88. The Labute approximate surface area is 75.7 Å². The summed E-state index contributed by atoms with van der Waals surface area (Å²) in [7, 11) is -1.67. The van der Waals surface area contributed by atoms with Crippen LogP contribution in [0, 0.1) is 0 Å². The van der Waals surface area contributed by atoms with Gasteiger partial charge in [-0.1, -0.05) is 6.58 Å². The van der Waals surface area contributed by atoms with Crippen molar-refractivity contribution in [2.75, 3.05) is 0 Å². The fourth-order valence-corrected chi connectivity index (χ4v) is 0.749. The second-order valence-corrected chi connectivity index (χ2v) is 2.19. The van der Waals surface area contributed by atoms with Crippen LogP contribution >= 0.6 is 0 Å². The summed E-state index contributed by atoms with van der Waals surface area (Å²) in [4.78, 5) is 0. The van der Waals surface area contributed by atoms with Crippen LogP contribution in [0.1, 0.15) is 5.69 Å². The molecule has 1 rings (SSSR count). The zero-order valence-corrected chi connectivity index (χ0v) is 7.25. The van der Waals surface area contributed by atoms with E-state index < -0.39 is 7.54 Å². The number of halogens is 3. The van der Waals surface area contributed by atoms with Crippen molar-refractivity contribution in [1.82, 2.24) is 0 Å². The van der Waals surface area contributed by atoms with Crippen LogP contribution in [-0.4, -0.2) is 7.54 Å². The van der Waals surface area contributed by atoms with Crippen LogP contribution in [0.25, 0.3) is 6.08 Å². The first-order chi connectivity index (χ1) is 6.07. The van der Waals surface area contributed by atoms with Crippen LogP contribution in [0.3, 0.4) is 0 Å². The second kappa shape index (κ2) is 6.28. The quantitative estimate of drug-likeness (QED) is 0.468. The predicted molar refractivity (Wildman–Crippen MR) is 46.8 cm³/mol.